The van der Waals surface area contributed by atoms with Crippen molar-refractivity contribution in [3.63, 3.8) is 0 Å². The molecular formula is C16H32IN5. The Morgan fingerprint density at radius 2 is 1.95 bits per heavy atom. The van der Waals surface area contributed by atoms with Crippen molar-refractivity contribution in [2.24, 2.45) is 17.8 Å². The third-order valence-electron chi connectivity index (χ3n) is 3.50. The second-order valence-corrected chi connectivity index (χ2v) is 5.59. The Morgan fingerprint density at radius 1 is 1.23 bits per heavy atom. The van der Waals surface area contributed by atoms with Gasteiger partial charge in [-0.1, -0.05) is 39.0 Å². The number of guanidine groups is 1. The molecule has 0 fully saturated rings. The van der Waals surface area contributed by atoms with Crippen LogP contribution in [0.1, 0.15) is 57.4 Å². The number of nitrogens with two attached hydrogens (primary N) is 1. The number of hydrogen-bond donors (Lipinski definition) is 2. The highest BCUT2D eigenvalue weighted by Gasteiger charge is 1.96. The summed E-state index contributed by atoms with van der Waals surface area (Å²) in [7, 11) is 1.94. The molecule has 22 heavy (non-hydrogen) atoms. The van der Waals surface area contributed by atoms with Gasteiger partial charge in [0.1, 0.15) is 0 Å². The van der Waals surface area contributed by atoms with Crippen molar-refractivity contribution in [1.82, 2.24) is 15.1 Å². The van der Waals surface area contributed by atoms with Crippen LogP contribution >= 0.6 is 24.0 Å². The minimum absolute atomic E-state index is 0. The molecular weight excluding hydrogens is 389 g/mol. The van der Waals surface area contributed by atoms with Crippen molar-refractivity contribution in [1.29, 1.82) is 0 Å². The normalized spacial score (nSPS) is 11.3. The van der Waals surface area contributed by atoms with Crippen LogP contribution in [0, 0.1) is 0 Å². The summed E-state index contributed by atoms with van der Waals surface area (Å²) < 4.78 is 1.83. The van der Waals surface area contributed by atoms with E-state index in [0.29, 0.717) is 5.96 Å². The van der Waals surface area contributed by atoms with E-state index in [-0.39, 0.29) is 24.0 Å². The van der Waals surface area contributed by atoms with E-state index in [0.717, 1.165) is 25.9 Å². The Labute approximate surface area is 152 Å². The lowest BCUT2D eigenvalue weighted by Gasteiger charge is -2.05. The monoisotopic (exact) mass is 421 g/mol. The highest BCUT2D eigenvalue weighted by molar-refractivity contribution is 14.0. The summed E-state index contributed by atoms with van der Waals surface area (Å²) in [5.74, 6) is 0.578. The molecule has 0 bridgehead atoms. The fraction of sp³-hybridized carbons (Fsp3) is 0.750. The number of rotatable bonds is 11. The number of nitrogens with one attached hydrogen (secondary N) is 1. The van der Waals surface area contributed by atoms with Crippen LogP contribution in [0.5, 0.6) is 0 Å². The predicted molar refractivity (Wildman–Crippen MR) is 105 cm³/mol. The van der Waals surface area contributed by atoms with E-state index in [4.69, 9.17) is 5.73 Å². The summed E-state index contributed by atoms with van der Waals surface area (Å²) in [6.45, 7) is 3.95. The van der Waals surface area contributed by atoms with Crippen molar-refractivity contribution in [3.8, 4) is 0 Å². The van der Waals surface area contributed by atoms with Crippen molar-refractivity contribution in [3.05, 3.63) is 18.0 Å². The van der Waals surface area contributed by atoms with Gasteiger partial charge >= 0.3 is 0 Å². The number of aryl methyl sites for hydroxylation is 2. The largest absolute Gasteiger partial charge is 0.370 e. The van der Waals surface area contributed by atoms with Crippen molar-refractivity contribution in [2.75, 3.05) is 13.1 Å². The van der Waals surface area contributed by atoms with E-state index in [1.807, 2.05) is 24.1 Å². The van der Waals surface area contributed by atoms with Gasteiger partial charge in [-0.15, -0.1) is 24.0 Å². The van der Waals surface area contributed by atoms with Gasteiger partial charge in [0.2, 0.25) is 0 Å². The first-order valence-corrected chi connectivity index (χ1v) is 8.23. The van der Waals surface area contributed by atoms with Crippen LogP contribution in [0.3, 0.4) is 0 Å². The van der Waals surface area contributed by atoms with Gasteiger partial charge in [-0.2, -0.15) is 5.10 Å². The molecule has 128 valence electrons. The zero-order valence-electron chi connectivity index (χ0n) is 14.1. The van der Waals surface area contributed by atoms with Gasteiger partial charge in [0.15, 0.2) is 5.96 Å². The van der Waals surface area contributed by atoms with Crippen LogP contribution in [0.4, 0.5) is 0 Å². The van der Waals surface area contributed by atoms with Crippen molar-refractivity contribution < 1.29 is 0 Å². The maximum Gasteiger partial charge on any atom is 0.188 e. The number of unbranched alkanes of at least 4 members (excludes halogenated alkanes) is 5. The molecule has 0 aromatic carbocycles. The van der Waals surface area contributed by atoms with E-state index in [1.165, 1.54) is 44.1 Å². The van der Waals surface area contributed by atoms with E-state index in [2.05, 4.69) is 22.3 Å². The lowest BCUT2D eigenvalue weighted by molar-refractivity contribution is 0.601. The molecule has 0 atom stereocenters. The number of aromatic nitrogens is 2. The average Bonchev–Trinajstić information content (AvgIpc) is 2.88. The minimum Gasteiger partial charge on any atom is -0.370 e. The molecule has 6 heteroatoms. The number of nitrogens with zero attached hydrogens (tertiary/aromatic N) is 3. The van der Waals surface area contributed by atoms with Gasteiger partial charge in [-0.05, 0) is 24.8 Å². The van der Waals surface area contributed by atoms with Crippen LogP contribution in [-0.4, -0.2) is 28.8 Å². The zero-order valence-corrected chi connectivity index (χ0v) is 16.4. The molecule has 0 aliphatic rings. The Kier molecular flexibility index (Phi) is 13.3. The summed E-state index contributed by atoms with van der Waals surface area (Å²) >= 11 is 0. The molecule has 0 radical (unpaired) electrons. The maximum absolute atomic E-state index is 5.84. The summed E-state index contributed by atoms with van der Waals surface area (Å²) in [5.41, 5.74) is 7.10. The summed E-state index contributed by atoms with van der Waals surface area (Å²) in [6.07, 6.45) is 13.8. The highest BCUT2D eigenvalue weighted by atomic mass is 127. The molecule has 0 unspecified atom stereocenters. The molecule has 1 aromatic rings. The van der Waals surface area contributed by atoms with Gasteiger partial charge in [0.25, 0.3) is 0 Å². The molecule has 5 nitrogen and oxygen atoms in total. The van der Waals surface area contributed by atoms with Crippen LogP contribution in [0.2, 0.25) is 0 Å². The smallest absolute Gasteiger partial charge is 0.188 e. The van der Waals surface area contributed by atoms with Gasteiger partial charge in [0, 0.05) is 26.3 Å². The number of hydrogen-bond acceptors (Lipinski definition) is 2. The quantitative estimate of drug-likeness (QED) is 0.250. The molecule has 1 heterocycles. The first-order valence-electron chi connectivity index (χ1n) is 8.23. The van der Waals surface area contributed by atoms with E-state index < -0.39 is 0 Å². The first-order chi connectivity index (χ1) is 10.2. The second kappa shape index (κ2) is 13.8. The fourth-order valence-electron chi connectivity index (χ4n) is 2.26. The third-order valence-corrected chi connectivity index (χ3v) is 3.50. The molecule has 0 saturated carbocycles. The summed E-state index contributed by atoms with van der Waals surface area (Å²) in [4.78, 5) is 4.35. The first kappa shape index (κ1) is 21.2. The predicted octanol–water partition coefficient (Wildman–Crippen LogP) is 3.24. The molecule has 0 spiro atoms. The van der Waals surface area contributed by atoms with Crippen LogP contribution in [-0.2, 0) is 13.5 Å². The minimum atomic E-state index is 0. The Hall–Kier alpha value is -0.790. The lowest BCUT2D eigenvalue weighted by Crippen LogP contribution is -2.32. The molecule has 0 amide bonds. The van der Waals surface area contributed by atoms with Crippen molar-refractivity contribution >= 4 is 29.9 Å². The molecule has 3 N–H and O–H groups in total. The molecule has 1 aromatic heterocycles. The van der Waals surface area contributed by atoms with Crippen molar-refractivity contribution in [2.45, 2.75) is 58.3 Å². The van der Waals surface area contributed by atoms with E-state index in [1.54, 1.807) is 0 Å². The Morgan fingerprint density at radius 3 is 2.64 bits per heavy atom. The van der Waals surface area contributed by atoms with Gasteiger partial charge in [0.05, 0.1) is 6.20 Å². The second-order valence-electron chi connectivity index (χ2n) is 5.59. The molecule has 1 rings (SSSR count). The Balaban J connectivity index is 0.00000441. The zero-order chi connectivity index (χ0) is 15.3. The summed E-state index contributed by atoms with van der Waals surface area (Å²) in [5, 5.41) is 7.34. The van der Waals surface area contributed by atoms with E-state index >= 15 is 0 Å². The third kappa shape index (κ3) is 10.9. The van der Waals surface area contributed by atoms with E-state index in [9.17, 15) is 0 Å². The standard InChI is InChI=1S/C16H31N5.HI/c1-3-4-5-6-7-8-11-18-16(17)19-12-9-10-15-13-20-21(2)14-15;/h13-14H,3-12H2,1-2H3,(H3,17,18,19);1H. The maximum atomic E-state index is 5.84. The Bertz CT molecular complexity index is 403. The lowest BCUT2D eigenvalue weighted by atomic mass is 10.1. The molecule has 0 aliphatic heterocycles. The van der Waals surface area contributed by atoms with Crippen LogP contribution in [0.25, 0.3) is 0 Å². The van der Waals surface area contributed by atoms with Gasteiger partial charge in [-0.25, -0.2) is 0 Å². The molecule has 0 aliphatic carbocycles. The van der Waals surface area contributed by atoms with Crippen LogP contribution < -0.4 is 11.1 Å². The van der Waals surface area contributed by atoms with Gasteiger partial charge < -0.3 is 11.1 Å². The van der Waals surface area contributed by atoms with Crippen LogP contribution in [0.15, 0.2) is 17.4 Å². The van der Waals surface area contributed by atoms with Gasteiger partial charge in [-0.3, -0.25) is 9.67 Å². The number of aliphatic imine (C=N–C) groups is 1. The SMILES string of the molecule is CCCCCCCCNC(N)=NCCCc1cnn(C)c1.I. The number of halogens is 1. The summed E-state index contributed by atoms with van der Waals surface area (Å²) in [6, 6.07) is 0. The topological polar surface area (TPSA) is 68.2 Å². The fourth-order valence-corrected chi connectivity index (χ4v) is 2.26. The molecule has 0 saturated heterocycles. The average molecular weight is 421 g/mol. The highest BCUT2D eigenvalue weighted by Crippen LogP contribution is 2.04.